The number of halogens is 1. The smallest absolute Gasteiger partial charge is 0.277 e. The quantitative estimate of drug-likeness (QED) is 0.942. The van der Waals surface area contributed by atoms with Crippen LogP contribution in [0.3, 0.4) is 0 Å². The summed E-state index contributed by atoms with van der Waals surface area (Å²) in [6, 6.07) is 2.82. The van der Waals surface area contributed by atoms with Crippen LogP contribution in [0.4, 0.5) is 4.39 Å². The Morgan fingerprint density at radius 1 is 1.33 bits per heavy atom. The number of aromatic amines is 1. The fourth-order valence-electron chi connectivity index (χ4n) is 3.33. The zero-order chi connectivity index (χ0) is 16.5. The molecule has 1 aliphatic heterocycles. The van der Waals surface area contributed by atoms with Gasteiger partial charge in [0.1, 0.15) is 0 Å². The lowest BCUT2D eigenvalue weighted by atomic mass is 10.0. The van der Waals surface area contributed by atoms with Gasteiger partial charge >= 0.3 is 0 Å². The summed E-state index contributed by atoms with van der Waals surface area (Å²) in [7, 11) is 0. The molecule has 0 spiro atoms. The topological polar surface area (TPSA) is 53.9 Å². The molecule has 5 nitrogen and oxygen atoms in total. The third-order valence-electron chi connectivity index (χ3n) is 4.56. The molecule has 2 aromatic heterocycles. The minimum atomic E-state index is -0.507. The average molecular weight is 326 g/mol. The first kappa shape index (κ1) is 15.1. The highest BCUT2D eigenvalue weighted by atomic mass is 19.1. The maximum Gasteiger partial charge on any atom is 0.277 e. The standard InChI is InChI=1S/C18H19FN4O/c19-15-7-4-9-20-17(15)23-18(24)14-12-22(10-8-16(14)21-23)11-13-5-2-1-3-6-13/h2,4-7,9,21H,1,3,8,10-12H2. The van der Waals surface area contributed by atoms with Crippen molar-refractivity contribution in [1.82, 2.24) is 19.7 Å². The highest BCUT2D eigenvalue weighted by molar-refractivity contribution is 5.30. The second-order valence-electron chi connectivity index (χ2n) is 6.24. The van der Waals surface area contributed by atoms with E-state index in [1.54, 1.807) is 0 Å². The lowest BCUT2D eigenvalue weighted by Crippen LogP contribution is -2.34. The van der Waals surface area contributed by atoms with Crippen molar-refractivity contribution in [1.29, 1.82) is 0 Å². The molecule has 0 saturated carbocycles. The van der Waals surface area contributed by atoms with E-state index in [4.69, 9.17) is 0 Å². The SMILES string of the molecule is O=c1c2c([nH]n1-c1ncccc1F)CCN(CC1=CCCC=C1)C2. The van der Waals surface area contributed by atoms with E-state index in [-0.39, 0.29) is 11.4 Å². The van der Waals surface area contributed by atoms with Crippen LogP contribution in [-0.2, 0) is 13.0 Å². The van der Waals surface area contributed by atoms with E-state index in [2.05, 4.69) is 33.2 Å². The predicted octanol–water partition coefficient (Wildman–Crippen LogP) is 2.33. The Hall–Kier alpha value is -2.47. The molecule has 3 heterocycles. The third-order valence-corrected chi connectivity index (χ3v) is 4.56. The molecule has 0 saturated heterocycles. The first-order chi connectivity index (χ1) is 11.7. The Kier molecular flexibility index (Phi) is 3.90. The molecule has 24 heavy (non-hydrogen) atoms. The highest BCUT2D eigenvalue weighted by Gasteiger charge is 2.24. The summed E-state index contributed by atoms with van der Waals surface area (Å²) < 4.78 is 15.2. The van der Waals surface area contributed by atoms with Crippen molar-refractivity contribution in [2.75, 3.05) is 13.1 Å². The van der Waals surface area contributed by atoms with Crippen molar-refractivity contribution >= 4 is 0 Å². The number of nitrogens with one attached hydrogen (secondary N) is 1. The number of pyridine rings is 1. The molecular weight excluding hydrogens is 307 g/mol. The molecule has 0 atom stereocenters. The number of allylic oxidation sites excluding steroid dienone is 2. The summed E-state index contributed by atoms with van der Waals surface area (Å²) >= 11 is 0. The van der Waals surface area contributed by atoms with E-state index >= 15 is 0 Å². The zero-order valence-corrected chi connectivity index (χ0v) is 13.3. The summed E-state index contributed by atoms with van der Waals surface area (Å²) in [5.74, 6) is -0.478. The van der Waals surface area contributed by atoms with Gasteiger partial charge in [0, 0.05) is 37.9 Å². The van der Waals surface area contributed by atoms with E-state index in [1.165, 1.54) is 28.6 Å². The van der Waals surface area contributed by atoms with Crippen LogP contribution in [0.15, 0.2) is 46.9 Å². The molecule has 0 fully saturated rings. The van der Waals surface area contributed by atoms with Crippen LogP contribution in [0.2, 0.25) is 0 Å². The molecule has 0 amide bonds. The van der Waals surface area contributed by atoms with Crippen LogP contribution in [0.25, 0.3) is 5.82 Å². The summed E-state index contributed by atoms with van der Waals surface area (Å²) in [6.07, 6.45) is 11.0. The van der Waals surface area contributed by atoms with Crippen LogP contribution in [0.5, 0.6) is 0 Å². The van der Waals surface area contributed by atoms with Crippen LogP contribution >= 0.6 is 0 Å². The second kappa shape index (κ2) is 6.20. The Morgan fingerprint density at radius 2 is 2.25 bits per heavy atom. The second-order valence-corrected chi connectivity index (χ2v) is 6.24. The Bertz CT molecular complexity index is 877. The molecule has 0 unspecified atom stereocenters. The molecule has 6 heteroatoms. The van der Waals surface area contributed by atoms with Gasteiger partial charge in [-0.1, -0.05) is 18.2 Å². The summed E-state index contributed by atoms with van der Waals surface area (Å²) in [6.45, 7) is 2.30. The average Bonchev–Trinajstić information content (AvgIpc) is 2.93. The molecule has 2 aliphatic rings. The van der Waals surface area contributed by atoms with Gasteiger partial charge in [0.05, 0.1) is 5.56 Å². The highest BCUT2D eigenvalue weighted by Crippen LogP contribution is 2.19. The molecule has 0 aromatic carbocycles. The number of hydrogen-bond acceptors (Lipinski definition) is 3. The van der Waals surface area contributed by atoms with Gasteiger partial charge in [-0.25, -0.2) is 9.37 Å². The number of nitrogens with zero attached hydrogens (tertiary/aromatic N) is 3. The lowest BCUT2D eigenvalue weighted by molar-refractivity contribution is 0.275. The van der Waals surface area contributed by atoms with Crippen LogP contribution in [-0.4, -0.2) is 32.8 Å². The van der Waals surface area contributed by atoms with Gasteiger partial charge in [-0.3, -0.25) is 14.8 Å². The van der Waals surface area contributed by atoms with Crippen LogP contribution in [0, 0.1) is 5.82 Å². The maximum atomic E-state index is 13.9. The van der Waals surface area contributed by atoms with Gasteiger partial charge < -0.3 is 0 Å². The first-order valence-electron chi connectivity index (χ1n) is 8.24. The Morgan fingerprint density at radius 3 is 3.04 bits per heavy atom. The van der Waals surface area contributed by atoms with Gasteiger partial charge in [0.15, 0.2) is 11.6 Å². The monoisotopic (exact) mass is 326 g/mol. The van der Waals surface area contributed by atoms with E-state index < -0.39 is 5.82 Å². The van der Waals surface area contributed by atoms with Crippen molar-refractivity contribution in [3.63, 3.8) is 0 Å². The summed E-state index contributed by atoms with van der Waals surface area (Å²) in [4.78, 5) is 18.9. The van der Waals surface area contributed by atoms with Crippen molar-refractivity contribution in [3.8, 4) is 5.82 Å². The largest absolute Gasteiger partial charge is 0.294 e. The minimum Gasteiger partial charge on any atom is -0.294 e. The van der Waals surface area contributed by atoms with Crippen molar-refractivity contribution < 1.29 is 4.39 Å². The Labute approximate surface area is 139 Å². The Balaban J connectivity index is 1.60. The molecule has 0 bridgehead atoms. The van der Waals surface area contributed by atoms with Crippen molar-refractivity contribution in [3.05, 3.63) is 69.6 Å². The number of fused-ring (bicyclic) bond motifs is 1. The van der Waals surface area contributed by atoms with E-state index in [0.29, 0.717) is 12.1 Å². The number of rotatable bonds is 3. The van der Waals surface area contributed by atoms with Gasteiger partial charge in [0.2, 0.25) is 0 Å². The van der Waals surface area contributed by atoms with Crippen molar-refractivity contribution in [2.24, 2.45) is 0 Å². The molecule has 4 rings (SSSR count). The number of H-pyrrole nitrogens is 1. The van der Waals surface area contributed by atoms with Gasteiger partial charge in [-0.15, -0.1) is 0 Å². The first-order valence-corrected chi connectivity index (χ1v) is 8.24. The molecule has 2 aromatic rings. The van der Waals surface area contributed by atoms with Gasteiger partial charge in [-0.05, 0) is 30.5 Å². The van der Waals surface area contributed by atoms with E-state index in [1.807, 2.05) is 0 Å². The van der Waals surface area contributed by atoms with E-state index in [9.17, 15) is 9.18 Å². The summed E-state index contributed by atoms with van der Waals surface area (Å²) in [5, 5.41) is 3.03. The van der Waals surface area contributed by atoms with Crippen LogP contribution < -0.4 is 5.56 Å². The molecule has 1 aliphatic carbocycles. The molecule has 1 N–H and O–H groups in total. The fourth-order valence-corrected chi connectivity index (χ4v) is 3.33. The number of hydrogen-bond donors (Lipinski definition) is 1. The predicted molar refractivity (Wildman–Crippen MR) is 89.6 cm³/mol. The van der Waals surface area contributed by atoms with Crippen LogP contribution in [0.1, 0.15) is 24.1 Å². The lowest BCUT2D eigenvalue weighted by Gasteiger charge is -2.26. The normalized spacial score (nSPS) is 17.6. The third kappa shape index (κ3) is 2.73. The summed E-state index contributed by atoms with van der Waals surface area (Å²) in [5.41, 5.74) is 2.69. The van der Waals surface area contributed by atoms with Gasteiger partial charge in [-0.2, -0.15) is 4.68 Å². The minimum absolute atomic E-state index is 0.0290. The fraction of sp³-hybridized carbons (Fsp3) is 0.333. The molecule has 0 radical (unpaired) electrons. The number of aromatic nitrogens is 3. The van der Waals surface area contributed by atoms with Crippen molar-refractivity contribution in [2.45, 2.75) is 25.8 Å². The van der Waals surface area contributed by atoms with E-state index in [0.717, 1.165) is 38.0 Å². The zero-order valence-electron chi connectivity index (χ0n) is 13.3. The molecular formula is C18H19FN4O. The van der Waals surface area contributed by atoms with Gasteiger partial charge in [0.25, 0.3) is 5.56 Å². The maximum absolute atomic E-state index is 13.9. The molecule has 124 valence electrons.